The summed E-state index contributed by atoms with van der Waals surface area (Å²) in [4.78, 5) is 0. The normalized spacial score (nSPS) is 11.4. The van der Waals surface area contributed by atoms with Crippen LogP contribution < -0.4 is 0 Å². The summed E-state index contributed by atoms with van der Waals surface area (Å²) in [5.74, 6) is 0. The van der Waals surface area contributed by atoms with Crippen molar-refractivity contribution in [1.82, 2.24) is 0 Å². The first-order chi connectivity index (χ1) is 15.4. The lowest BCUT2D eigenvalue weighted by Crippen LogP contribution is -1.85. The highest BCUT2D eigenvalue weighted by molar-refractivity contribution is 9.09. The summed E-state index contributed by atoms with van der Waals surface area (Å²) in [6.45, 7) is 0.374. The van der Waals surface area contributed by atoms with Crippen LogP contribution in [0.3, 0.4) is 0 Å². The van der Waals surface area contributed by atoms with Crippen molar-refractivity contribution in [3.63, 3.8) is 0 Å². The van der Waals surface area contributed by atoms with E-state index >= 15 is 0 Å². The molecule has 0 rings (SSSR count). The van der Waals surface area contributed by atoms with E-state index < -0.39 is 0 Å². The van der Waals surface area contributed by atoms with Gasteiger partial charge in [-0.3, -0.25) is 0 Å². The Morgan fingerprint density at radius 1 is 0.258 bits per heavy atom. The molecule has 0 aliphatic carbocycles. The number of hydrogen-bond donors (Lipinski definition) is 1. The van der Waals surface area contributed by atoms with Crippen LogP contribution in [0.15, 0.2) is 0 Å². The van der Waals surface area contributed by atoms with Crippen LogP contribution in [0.2, 0.25) is 0 Å². The molecular formula is C29H59BrO. The number of aliphatic hydroxyl groups excluding tert-OH is 1. The van der Waals surface area contributed by atoms with Crippen molar-refractivity contribution in [3.05, 3.63) is 0 Å². The van der Waals surface area contributed by atoms with Crippen LogP contribution in [-0.2, 0) is 0 Å². The van der Waals surface area contributed by atoms with E-state index in [9.17, 15) is 0 Å². The van der Waals surface area contributed by atoms with Crippen molar-refractivity contribution in [2.24, 2.45) is 0 Å². The van der Waals surface area contributed by atoms with Gasteiger partial charge < -0.3 is 5.11 Å². The molecule has 0 spiro atoms. The molecule has 31 heavy (non-hydrogen) atoms. The third kappa shape index (κ3) is 30.4. The maximum absolute atomic E-state index is 8.76. The summed E-state index contributed by atoms with van der Waals surface area (Å²) in [5, 5.41) is 9.94. The van der Waals surface area contributed by atoms with E-state index in [0.29, 0.717) is 6.61 Å². The summed E-state index contributed by atoms with van der Waals surface area (Å²) in [6.07, 6.45) is 38.4. The Labute approximate surface area is 206 Å². The second-order valence-corrected chi connectivity index (χ2v) is 10.8. The Kier molecular flexibility index (Phi) is 30.9. The lowest BCUT2D eigenvalue weighted by Gasteiger charge is -2.04. The third-order valence-corrected chi connectivity index (χ3v) is 7.35. The zero-order valence-corrected chi connectivity index (χ0v) is 22.9. The maximum Gasteiger partial charge on any atom is 0.0431 e. The first-order valence-corrected chi connectivity index (χ1v) is 15.7. The monoisotopic (exact) mass is 502 g/mol. The lowest BCUT2D eigenvalue weighted by atomic mass is 10.0. The quantitative estimate of drug-likeness (QED) is 0.0831. The standard InChI is InChI=1S/C29H59BrO/c30-28-26-24-22-20-18-16-14-12-10-8-6-4-2-1-3-5-7-9-11-13-15-17-19-21-23-25-27-29-31/h31H,1-29H2. The molecule has 1 N–H and O–H groups in total. The molecule has 0 radical (unpaired) electrons. The fourth-order valence-electron chi connectivity index (χ4n) is 4.63. The molecule has 1 nitrogen and oxygen atoms in total. The van der Waals surface area contributed by atoms with Crippen molar-refractivity contribution < 1.29 is 5.11 Å². The van der Waals surface area contributed by atoms with Gasteiger partial charge >= 0.3 is 0 Å². The molecule has 0 amide bonds. The fraction of sp³-hybridized carbons (Fsp3) is 1.00. The number of halogens is 1. The highest BCUT2D eigenvalue weighted by Crippen LogP contribution is 2.16. The molecule has 0 aromatic heterocycles. The smallest absolute Gasteiger partial charge is 0.0431 e. The SMILES string of the molecule is OCCCCCCCCCCCCCCCCCCCCCCCCCCCCCBr. The van der Waals surface area contributed by atoms with Crippen LogP contribution in [0.5, 0.6) is 0 Å². The largest absolute Gasteiger partial charge is 0.396 e. The molecule has 188 valence electrons. The molecule has 0 aliphatic rings. The highest BCUT2D eigenvalue weighted by Gasteiger charge is 1.96. The number of rotatable bonds is 28. The number of hydrogen-bond acceptors (Lipinski definition) is 1. The molecule has 2 heteroatoms. The van der Waals surface area contributed by atoms with Crippen LogP contribution in [0.25, 0.3) is 0 Å². The zero-order valence-electron chi connectivity index (χ0n) is 21.3. The summed E-state index contributed by atoms with van der Waals surface area (Å²) >= 11 is 3.51. The van der Waals surface area contributed by atoms with E-state index in [4.69, 9.17) is 5.11 Å². The minimum atomic E-state index is 0.374. The number of aliphatic hydroxyl groups is 1. The molecule has 0 bridgehead atoms. The molecule has 0 saturated heterocycles. The second kappa shape index (κ2) is 30.4. The maximum atomic E-state index is 8.76. The number of alkyl halides is 1. The Balaban J connectivity index is 2.98. The summed E-state index contributed by atoms with van der Waals surface area (Å²) in [7, 11) is 0. The molecule has 0 aliphatic heterocycles. The van der Waals surface area contributed by atoms with Gasteiger partial charge in [0.25, 0.3) is 0 Å². The van der Waals surface area contributed by atoms with Crippen LogP contribution in [0, 0.1) is 0 Å². The first kappa shape index (κ1) is 31.4. The lowest BCUT2D eigenvalue weighted by molar-refractivity contribution is 0.282. The highest BCUT2D eigenvalue weighted by atomic mass is 79.9. The first-order valence-electron chi connectivity index (χ1n) is 14.6. The van der Waals surface area contributed by atoms with Crippen molar-refractivity contribution in [2.45, 2.75) is 173 Å². The van der Waals surface area contributed by atoms with Gasteiger partial charge in [0.2, 0.25) is 0 Å². The van der Waals surface area contributed by atoms with Crippen LogP contribution in [0.4, 0.5) is 0 Å². The van der Waals surface area contributed by atoms with Crippen LogP contribution >= 0.6 is 15.9 Å². The fourth-order valence-corrected chi connectivity index (χ4v) is 5.02. The van der Waals surface area contributed by atoms with E-state index in [1.54, 1.807) is 0 Å². The molecule has 0 heterocycles. The van der Waals surface area contributed by atoms with Gasteiger partial charge in [-0.1, -0.05) is 176 Å². The molecule has 0 fully saturated rings. The average molecular weight is 504 g/mol. The number of unbranched alkanes of at least 4 members (excludes halogenated alkanes) is 26. The van der Waals surface area contributed by atoms with Gasteiger partial charge in [0, 0.05) is 11.9 Å². The summed E-state index contributed by atoms with van der Waals surface area (Å²) in [5.41, 5.74) is 0. The predicted octanol–water partition coefficient (Wildman–Crippen LogP) is 10.9. The molecule has 0 unspecified atom stereocenters. The topological polar surface area (TPSA) is 20.2 Å². The average Bonchev–Trinajstić information content (AvgIpc) is 2.78. The van der Waals surface area contributed by atoms with Gasteiger partial charge in [-0.05, 0) is 12.8 Å². The van der Waals surface area contributed by atoms with E-state index in [1.807, 2.05) is 0 Å². The molecule has 0 saturated carbocycles. The second-order valence-electron chi connectivity index (χ2n) is 9.96. The van der Waals surface area contributed by atoms with Crippen LogP contribution in [0.1, 0.15) is 173 Å². The van der Waals surface area contributed by atoms with Crippen molar-refractivity contribution in [2.75, 3.05) is 11.9 Å². The van der Waals surface area contributed by atoms with Gasteiger partial charge in [0.1, 0.15) is 0 Å². The van der Waals surface area contributed by atoms with Crippen molar-refractivity contribution >= 4 is 15.9 Å². The van der Waals surface area contributed by atoms with E-state index in [-0.39, 0.29) is 0 Å². The molecule has 0 aromatic rings. The van der Waals surface area contributed by atoms with Crippen molar-refractivity contribution in [1.29, 1.82) is 0 Å². The Morgan fingerprint density at radius 2 is 0.419 bits per heavy atom. The zero-order chi connectivity index (χ0) is 22.5. The molecule has 0 aromatic carbocycles. The minimum Gasteiger partial charge on any atom is -0.396 e. The van der Waals surface area contributed by atoms with E-state index in [0.717, 1.165) is 6.42 Å². The van der Waals surface area contributed by atoms with Gasteiger partial charge in [-0.25, -0.2) is 0 Å². The van der Waals surface area contributed by atoms with Gasteiger partial charge in [0.05, 0.1) is 0 Å². The third-order valence-electron chi connectivity index (χ3n) is 6.79. The predicted molar refractivity (Wildman–Crippen MR) is 146 cm³/mol. The van der Waals surface area contributed by atoms with E-state index in [2.05, 4.69) is 15.9 Å². The van der Waals surface area contributed by atoms with E-state index in [1.165, 1.54) is 172 Å². The molecular weight excluding hydrogens is 444 g/mol. The minimum absolute atomic E-state index is 0.374. The summed E-state index contributed by atoms with van der Waals surface area (Å²) in [6, 6.07) is 0. The Hall–Kier alpha value is 0.440. The summed E-state index contributed by atoms with van der Waals surface area (Å²) < 4.78 is 0. The van der Waals surface area contributed by atoms with Crippen molar-refractivity contribution in [3.8, 4) is 0 Å². The van der Waals surface area contributed by atoms with Gasteiger partial charge in [-0.15, -0.1) is 0 Å². The Bertz CT molecular complexity index is 266. The van der Waals surface area contributed by atoms with Gasteiger partial charge in [0.15, 0.2) is 0 Å². The van der Waals surface area contributed by atoms with Gasteiger partial charge in [-0.2, -0.15) is 0 Å². The van der Waals surface area contributed by atoms with Crippen LogP contribution in [-0.4, -0.2) is 17.0 Å². The Morgan fingerprint density at radius 3 is 0.581 bits per heavy atom. The molecule has 0 atom stereocenters.